The van der Waals surface area contributed by atoms with E-state index < -0.39 is 35.7 Å². The highest BCUT2D eigenvalue weighted by Gasteiger charge is 2.19. The van der Waals surface area contributed by atoms with E-state index in [4.69, 9.17) is 18.6 Å². The lowest BCUT2D eigenvalue weighted by atomic mass is 10.0. The van der Waals surface area contributed by atoms with Gasteiger partial charge >= 0.3 is 0 Å². The first kappa shape index (κ1) is 24.7. The number of amides is 1. The van der Waals surface area contributed by atoms with Crippen molar-refractivity contribution in [3.8, 4) is 34.1 Å². The van der Waals surface area contributed by atoms with E-state index >= 15 is 0 Å². The zero-order valence-electron chi connectivity index (χ0n) is 20.0. The number of ether oxygens (including phenoxy) is 3. The molecule has 10 heteroatoms. The van der Waals surface area contributed by atoms with Crippen LogP contribution in [0.3, 0.4) is 0 Å². The number of fused-ring (bicyclic) bond motifs is 2. The maximum Gasteiger partial charge on any atom is 0.258 e. The number of carboxylic acid groups (broad SMARTS) is 1. The topological polar surface area (TPSA) is 147 Å². The van der Waals surface area contributed by atoms with Crippen LogP contribution >= 0.6 is 0 Å². The van der Waals surface area contributed by atoms with Gasteiger partial charge in [0.15, 0.2) is 18.1 Å². The van der Waals surface area contributed by atoms with Crippen LogP contribution in [0.25, 0.3) is 22.1 Å². The number of hydrogen-bond donors (Lipinski definition) is 2. The number of phenolic OH excluding ortho intramolecular Hbond substituents is 1. The quantitative estimate of drug-likeness (QED) is 0.358. The molecule has 1 amide bonds. The Morgan fingerprint density at radius 3 is 2.55 bits per heavy atom. The summed E-state index contributed by atoms with van der Waals surface area (Å²) >= 11 is 0. The predicted octanol–water partition coefficient (Wildman–Crippen LogP) is 1.79. The second kappa shape index (κ2) is 10.6. The SMILES string of the molecule is O=C(COc1cc(O)c2c(=O)c(-c3ccc4c(c3)OCCO4)coc2c1)N[C@@H](Cc1ccccc1)C(=O)[O-]. The average Bonchev–Trinajstić information content (AvgIpc) is 2.92. The lowest BCUT2D eigenvalue weighted by Crippen LogP contribution is -2.50. The Balaban J connectivity index is 1.31. The Kier molecular flexibility index (Phi) is 6.86. The van der Waals surface area contributed by atoms with Crippen LogP contribution in [0.1, 0.15) is 5.56 Å². The van der Waals surface area contributed by atoms with E-state index in [0.717, 1.165) is 0 Å². The van der Waals surface area contributed by atoms with Crippen LogP contribution in [-0.4, -0.2) is 42.8 Å². The molecule has 1 aromatic heterocycles. The molecule has 194 valence electrons. The van der Waals surface area contributed by atoms with Gasteiger partial charge in [-0.05, 0) is 29.7 Å². The first-order chi connectivity index (χ1) is 18.4. The van der Waals surface area contributed by atoms with Crippen molar-refractivity contribution in [2.75, 3.05) is 19.8 Å². The van der Waals surface area contributed by atoms with Gasteiger partial charge < -0.3 is 39.0 Å². The largest absolute Gasteiger partial charge is 0.548 e. The number of hydrogen-bond acceptors (Lipinski definition) is 9. The molecule has 0 aliphatic carbocycles. The zero-order valence-corrected chi connectivity index (χ0v) is 20.0. The molecule has 0 radical (unpaired) electrons. The fraction of sp³-hybridized carbons (Fsp3) is 0.179. The van der Waals surface area contributed by atoms with Gasteiger partial charge in [0.25, 0.3) is 5.91 Å². The summed E-state index contributed by atoms with van der Waals surface area (Å²) in [6.45, 7) is 0.295. The van der Waals surface area contributed by atoms with E-state index in [2.05, 4.69) is 5.32 Å². The lowest BCUT2D eigenvalue weighted by Gasteiger charge is -2.20. The van der Waals surface area contributed by atoms with Crippen LogP contribution in [0, 0.1) is 0 Å². The molecule has 1 aliphatic rings. The average molecular weight is 516 g/mol. The van der Waals surface area contributed by atoms with Gasteiger partial charge in [0.1, 0.15) is 41.9 Å². The molecule has 0 saturated heterocycles. The fourth-order valence-corrected chi connectivity index (χ4v) is 4.13. The summed E-state index contributed by atoms with van der Waals surface area (Å²) < 4.78 is 22.1. The summed E-state index contributed by atoms with van der Waals surface area (Å²) in [4.78, 5) is 37.0. The van der Waals surface area contributed by atoms with Crippen LogP contribution in [-0.2, 0) is 16.0 Å². The number of carbonyl (C=O) groups excluding carboxylic acids is 2. The second-order valence-corrected chi connectivity index (χ2v) is 8.57. The van der Waals surface area contributed by atoms with Crippen molar-refractivity contribution in [1.82, 2.24) is 5.32 Å². The van der Waals surface area contributed by atoms with Crippen LogP contribution in [0.4, 0.5) is 0 Å². The van der Waals surface area contributed by atoms with Gasteiger partial charge in [0, 0.05) is 12.1 Å². The molecule has 4 aromatic rings. The minimum atomic E-state index is -1.43. The first-order valence-electron chi connectivity index (χ1n) is 11.7. The molecular formula is C28H22NO9-. The highest BCUT2D eigenvalue weighted by Crippen LogP contribution is 2.35. The third-order valence-corrected chi connectivity index (χ3v) is 5.96. The van der Waals surface area contributed by atoms with E-state index in [9.17, 15) is 24.6 Å². The number of carbonyl (C=O) groups is 2. The molecule has 0 unspecified atom stereocenters. The Hall–Kier alpha value is -4.99. The summed E-state index contributed by atoms with van der Waals surface area (Å²) in [6.07, 6.45) is 1.31. The van der Waals surface area contributed by atoms with Crippen molar-refractivity contribution in [2.45, 2.75) is 12.5 Å². The standard InChI is InChI=1S/C28H23NO9/c30-21-12-18(37-15-25(31)29-20(28(33)34)10-16-4-2-1-3-5-16)13-24-26(21)27(32)19(14-38-24)17-6-7-22-23(11-17)36-9-8-35-22/h1-7,11-14,20,30H,8-10,15H2,(H,29,31)(H,33,34)/p-1/t20-/m0/s1. The van der Waals surface area contributed by atoms with Crippen molar-refractivity contribution in [1.29, 1.82) is 0 Å². The lowest BCUT2D eigenvalue weighted by molar-refractivity contribution is -0.308. The highest BCUT2D eigenvalue weighted by molar-refractivity contribution is 5.88. The van der Waals surface area contributed by atoms with Gasteiger partial charge in [-0.1, -0.05) is 36.4 Å². The summed E-state index contributed by atoms with van der Waals surface area (Å²) in [7, 11) is 0. The molecule has 1 aliphatic heterocycles. The van der Waals surface area contributed by atoms with Gasteiger partial charge in [-0.3, -0.25) is 9.59 Å². The summed E-state index contributed by atoms with van der Waals surface area (Å²) in [6, 6.07) is 15.1. The van der Waals surface area contributed by atoms with Crippen molar-refractivity contribution < 1.29 is 38.4 Å². The molecule has 3 aromatic carbocycles. The number of benzene rings is 3. The van der Waals surface area contributed by atoms with Crippen molar-refractivity contribution in [2.24, 2.45) is 0 Å². The monoisotopic (exact) mass is 516 g/mol. The Labute approximate surface area is 216 Å². The Bertz CT molecular complexity index is 1560. The number of nitrogens with one attached hydrogen (secondary N) is 1. The number of aliphatic carboxylic acids is 1. The smallest absolute Gasteiger partial charge is 0.258 e. The number of phenols is 1. The molecule has 2 heterocycles. The summed E-state index contributed by atoms with van der Waals surface area (Å²) in [5.41, 5.74) is 1.03. The molecule has 0 saturated carbocycles. The van der Waals surface area contributed by atoms with Gasteiger partial charge in [-0.2, -0.15) is 0 Å². The molecular weight excluding hydrogens is 494 g/mol. The van der Waals surface area contributed by atoms with Crippen LogP contribution < -0.4 is 30.1 Å². The number of aromatic hydroxyl groups is 1. The van der Waals surface area contributed by atoms with E-state index in [1.807, 2.05) is 0 Å². The molecule has 0 spiro atoms. The summed E-state index contributed by atoms with van der Waals surface area (Å²) in [5, 5.41) is 24.4. The van der Waals surface area contributed by atoms with Crippen molar-refractivity contribution in [3.63, 3.8) is 0 Å². The first-order valence-corrected chi connectivity index (χ1v) is 11.7. The van der Waals surface area contributed by atoms with Crippen LogP contribution in [0.15, 0.2) is 76.1 Å². The van der Waals surface area contributed by atoms with E-state index in [0.29, 0.717) is 35.8 Å². The van der Waals surface area contributed by atoms with Crippen molar-refractivity contribution >= 4 is 22.8 Å². The third-order valence-electron chi connectivity index (χ3n) is 5.96. The molecule has 0 fully saturated rings. The minimum absolute atomic E-state index is 0.0442. The number of carboxylic acids is 1. The molecule has 1 atom stereocenters. The molecule has 5 rings (SSSR count). The second-order valence-electron chi connectivity index (χ2n) is 8.57. The Morgan fingerprint density at radius 1 is 1.03 bits per heavy atom. The molecule has 38 heavy (non-hydrogen) atoms. The van der Waals surface area contributed by atoms with Crippen LogP contribution in [0.2, 0.25) is 0 Å². The minimum Gasteiger partial charge on any atom is -0.548 e. The van der Waals surface area contributed by atoms with Gasteiger partial charge in [-0.25, -0.2) is 0 Å². The molecule has 10 nitrogen and oxygen atoms in total. The third kappa shape index (κ3) is 5.24. The van der Waals surface area contributed by atoms with E-state index in [1.165, 1.54) is 18.4 Å². The van der Waals surface area contributed by atoms with E-state index in [-0.39, 0.29) is 28.7 Å². The maximum absolute atomic E-state index is 13.2. The predicted molar refractivity (Wildman–Crippen MR) is 133 cm³/mol. The van der Waals surface area contributed by atoms with Gasteiger partial charge in [0.2, 0.25) is 5.43 Å². The van der Waals surface area contributed by atoms with E-state index in [1.54, 1.807) is 48.5 Å². The normalized spacial score (nSPS) is 13.1. The Morgan fingerprint density at radius 2 is 1.79 bits per heavy atom. The maximum atomic E-state index is 13.2. The molecule has 2 N–H and O–H groups in total. The fourth-order valence-electron chi connectivity index (χ4n) is 4.13. The number of rotatable bonds is 8. The van der Waals surface area contributed by atoms with Gasteiger partial charge in [-0.15, -0.1) is 0 Å². The summed E-state index contributed by atoms with van der Waals surface area (Å²) in [5.74, 6) is -1.41. The van der Waals surface area contributed by atoms with Gasteiger partial charge in [0.05, 0.1) is 17.6 Å². The zero-order chi connectivity index (χ0) is 26.6. The van der Waals surface area contributed by atoms with Crippen molar-refractivity contribution in [3.05, 3.63) is 82.7 Å². The van der Waals surface area contributed by atoms with Crippen LogP contribution in [0.5, 0.6) is 23.0 Å². The molecule has 0 bridgehead atoms. The highest BCUT2D eigenvalue weighted by atomic mass is 16.6.